The van der Waals surface area contributed by atoms with Crippen LogP contribution in [0.5, 0.6) is 5.75 Å². The van der Waals surface area contributed by atoms with Crippen molar-refractivity contribution in [1.29, 1.82) is 0 Å². The van der Waals surface area contributed by atoms with Crippen LogP contribution in [0.25, 0.3) is 11.3 Å². The Morgan fingerprint density at radius 2 is 1.32 bits per heavy atom. The first-order valence-corrected chi connectivity index (χ1v) is 24.8. The number of nitrogens with one attached hydrogen (secondary N) is 3. The second-order valence-corrected chi connectivity index (χ2v) is 25.9. The summed E-state index contributed by atoms with van der Waals surface area (Å²) >= 11 is 0. The number of aromatic hydroxyl groups is 1. The zero-order chi connectivity index (χ0) is 54.0. The Kier molecular flexibility index (Phi) is 22.3. The number of hydrogen-bond acceptors (Lipinski definition) is 9. The number of aryl methyl sites for hydroxylation is 2. The van der Waals surface area contributed by atoms with Gasteiger partial charge in [-0.05, 0) is 67.6 Å². The highest BCUT2D eigenvalue weighted by atomic mass is 16.4. The molecule has 2 aromatic heterocycles. The lowest BCUT2D eigenvalue weighted by Gasteiger charge is -2.29. The van der Waals surface area contributed by atoms with Crippen LogP contribution in [-0.2, 0) is 31.0 Å². The van der Waals surface area contributed by atoms with Crippen molar-refractivity contribution < 1.29 is 28.7 Å². The fourth-order valence-electron chi connectivity index (χ4n) is 9.16. The summed E-state index contributed by atoms with van der Waals surface area (Å²) in [6, 6.07) is 10.1. The van der Waals surface area contributed by atoms with Crippen molar-refractivity contribution in [3.63, 3.8) is 0 Å². The van der Waals surface area contributed by atoms with Gasteiger partial charge in [0.1, 0.15) is 5.82 Å². The zero-order valence-electron chi connectivity index (χ0n) is 46.6. The standard InChI is InChI=1S/C15H19NO.C12H21NO2.C11H19NO.C10H17NO.C9H14N2O2.CH4/c1-15(2,3)10-9-14-16-11-13(17-14)12-7-5-4-6-8-12;1-6-13-9(14)7-12(5,10(13)15)8-11(2,3)4;1-8-6-11(5,9(13)12-8)7-10(2,3)4;1-7-5-8(9(12)11-7)6-10(2,3)4;1-5-10-7(9(2,3)4)6(12)8(13)11-5;/h4-8,11H,9-10H2,1-3H3;6-8H2,1-5H3;1,6-7H2,2-5H3,(H,12,13);8H,1,5-6H2,2-4H3,(H,11,12);12H,1-4H3,(H,10,11,13);1H4. The minimum absolute atomic E-state index is 0. The lowest BCUT2D eigenvalue weighted by Crippen LogP contribution is -2.35. The average molecular weight is 987 g/mol. The summed E-state index contributed by atoms with van der Waals surface area (Å²) in [7, 11) is 0. The smallest absolute Gasteiger partial charge is 0.293 e. The molecule has 4 amide bonds. The van der Waals surface area contributed by atoms with Crippen molar-refractivity contribution in [2.24, 2.45) is 38.4 Å². The number of H-pyrrole nitrogens is 1. The first kappa shape index (κ1) is 63.7. The maximum absolute atomic E-state index is 12.1. The second kappa shape index (κ2) is 24.9. The van der Waals surface area contributed by atoms with Crippen LogP contribution in [0.15, 0.2) is 70.3 Å². The molecule has 398 valence electrons. The number of nitrogens with zero attached hydrogens (tertiary/aromatic N) is 3. The number of imide groups is 1. The largest absolute Gasteiger partial charge is 0.502 e. The van der Waals surface area contributed by atoms with Gasteiger partial charge in [-0.25, -0.2) is 9.97 Å². The maximum Gasteiger partial charge on any atom is 0.293 e. The number of aromatic amines is 1. The third kappa shape index (κ3) is 21.5. The molecule has 3 fully saturated rings. The van der Waals surface area contributed by atoms with Crippen LogP contribution in [0, 0.1) is 45.3 Å². The molecule has 71 heavy (non-hydrogen) atoms. The summed E-state index contributed by atoms with van der Waals surface area (Å²) < 4.78 is 5.75. The van der Waals surface area contributed by atoms with E-state index in [9.17, 15) is 29.1 Å². The van der Waals surface area contributed by atoms with Gasteiger partial charge < -0.3 is 25.1 Å². The van der Waals surface area contributed by atoms with Crippen LogP contribution in [0.2, 0.25) is 0 Å². The van der Waals surface area contributed by atoms with E-state index in [1.54, 1.807) is 6.92 Å². The Morgan fingerprint density at radius 1 is 0.775 bits per heavy atom. The minimum atomic E-state index is -0.481. The number of likely N-dealkylation sites (tertiary alicyclic amines) is 1. The minimum Gasteiger partial charge on any atom is -0.502 e. The molecule has 1 aromatic carbocycles. The quantitative estimate of drug-likeness (QED) is 0.167. The molecule has 0 radical (unpaired) electrons. The van der Waals surface area contributed by atoms with Crippen LogP contribution < -0.4 is 16.2 Å². The highest BCUT2D eigenvalue weighted by molar-refractivity contribution is 6.05. The summed E-state index contributed by atoms with van der Waals surface area (Å²) in [4.78, 5) is 70.0. The van der Waals surface area contributed by atoms with Gasteiger partial charge in [0.2, 0.25) is 29.4 Å². The number of hydrogen-bond donors (Lipinski definition) is 4. The van der Waals surface area contributed by atoms with Crippen LogP contribution in [0.1, 0.15) is 194 Å². The van der Waals surface area contributed by atoms with Crippen molar-refractivity contribution in [2.75, 3.05) is 6.54 Å². The number of amides is 4. The molecule has 3 saturated heterocycles. The molecule has 13 heteroatoms. The molecule has 6 rings (SSSR count). The molecule has 3 unspecified atom stereocenters. The Balaban J connectivity index is 0.000000445. The van der Waals surface area contributed by atoms with E-state index in [1.807, 2.05) is 78.1 Å². The van der Waals surface area contributed by atoms with Crippen LogP contribution >= 0.6 is 0 Å². The first-order valence-electron chi connectivity index (χ1n) is 24.8. The molecule has 0 bridgehead atoms. The Bertz CT molecular complexity index is 2340. The van der Waals surface area contributed by atoms with Gasteiger partial charge in [0.05, 0.1) is 22.7 Å². The van der Waals surface area contributed by atoms with E-state index in [1.165, 1.54) is 4.90 Å². The van der Waals surface area contributed by atoms with Crippen molar-refractivity contribution in [2.45, 2.75) is 196 Å². The third-order valence-corrected chi connectivity index (χ3v) is 11.6. The van der Waals surface area contributed by atoms with E-state index >= 15 is 0 Å². The van der Waals surface area contributed by atoms with Crippen molar-refractivity contribution in [3.05, 3.63) is 88.8 Å². The topological polar surface area (TPSA) is 188 Å². The van der Waals surface area contributed by atoms with Gasteiger partial charge in [-0.2, -0.15) is 0 Å². The Labute approximate surface area is 428 Å². The molecule has 3 aliphatic rings. The fourth-order valence-corrected chi connectivity index (χ4v) is 9.16. The molecule has 3 aromatic rings. The van der Waals surface area contributed by atoms with Gasteiger partial charge in [0.25, 0.3) is 5.56 Å². The molecule has 3 aliphatic heterocycles. The van der Waals surface area contributed by atoms with Gasteiger partial charge in [-0.3, -0.25) is 28.9 Å². The van der Waals surface area contributed by atoms with E-state index in [2.05, 4.69) is 122 Å². The van der Waals surface area contributed by atoms with E-state index in [4.69, 9.17) is 4.42 Å². The van der Waals surface area contributed by atoms with E-state index < -0.39 is 11.0 Å². The van der Waals surface area contributed by atoms with Gasteiger partial charge in [-0.15, -0.1) is 0 Å². The number of rotatable bonds is 7. The van der Waals surface area contributed by atoms with Crippen LogP contribution in [0.4, 0.5) is 0 Å². The lowest BCUT2D eigenvalue weighted by atomic mass is 9.74. The summed E-state index contributed by atoms with van der Waals surface area (Å²) in [5, 5.41) is 15.0. The molecule has 0 aliphatic carbocycles. The van der Waals surface area contributed by atoms with Crippen molar-refractivity contribution in [1.82, 2.24) is 30.5 Å². The molecular formula is C58H94N6O7. The fraction of sp³-hybridized carbons (Fsp3) is 0.638. The van der Waals surface area contributed by atoms with Crippen molar-refractivity contribution in [3.8, 4) is 17.1 Å². The molecular weight excluding hydrogens is 893 g/mol. The summed E-state index contributed by atoms with van der Waals surface area (Å²) in [5.74, 6) is 2.35. The van der Waals surface area contributed by atoms with E-state index in [0.717, 1.165) is 73.6 Å². The molecule has 13 nitrogen and oxygen atoms in total. The predicted molar refractivity (Wildman–Crippen MR) is 289 cm³/mol. The normalized spacial score (nSPS) is 20.3. The van der Waals surface area contributed by atoms with Gasteiger partial charge in [-0.1, -0.05) is 169 Å². The Morgan fingerprint density at radius 3 is 1.75 bits per heavy atom. The molecule has 5 heterocycles. The van der Waals surface area contributed by atoms with Crippen molar-refractivity contribution >= 4 is 23.6 Å². The van der Waals surface area contributed by atoms with Crippen LogP contribution in [0.3, 0.4) is 0 Å². The monoisotopic (exact) mass is 987 g/mol. The Hall–Kier alpha value is -5.33. The third-order valence-electron chi connectivity index (χ3n) is 11.6. The highest BCUT2D eigenvalue weighted by Gasteiger charge is 2.49. The number of benzene rings is 1. The van der Waals surface area contributed by atoms with E-state index in [0.29, 0.717) is 29.9 Å². The lowest BCUT2D eigenvalue weighted by molar-refractivity contribution is -0.141. The number of allylic oxidation sites excluding steroid dienone is 2. The molecule has 3 atom stereocenters. The SMILES string of the molecule is C.C=C1CC(C)(CC(C)(C)C)C(=O)N1.C=C1CC(CC(C)(C)C)C(=O)N1.CC(C)(C)CCc1ncc(-c2ccccc2)o1.CCN1C(=O)CC(C)(CC(C)(C)C)C1=O.Cc1nc(C(C)(C)C)c(O)c(=O)[nH]1. The molecule has 4 N–H and O–H groups in total. The van der Waals surface area contributed by atoms with E-state index in [-0.39, 0.29) is 69.8 Å². The summed E-state index contributed by atoms with van der Waals surface area (Å²) in [5.41, 5.74) is 2.56. The first-order chi connectivity index (χ1) is 31.7. The molecule has 0 spiro atoms. The maximum atomic E-state index is 12.1. The number of carbonyl (C=O) groups excluding carboxylic acids is 4. The zero-order valence-corrected chi connectivity index (χ0v) is 46.6. The van der Waals surface area contributed by atoms with Crippen LogP contribution in [-0.4, -0.2) is 55.1 Å². The summed E-state index contributed by atoms with van der Waals surface area (Å²) in [6.45, 7) is 47.1. The number of oxazole rings is 1. The van der Waals surface area contributed by atoms with Gasteiger partial charge >= 0.3 is 0 Å². The average Bonchev–Trinajstić information content (AvgIpc) is 3.90. The van der Waals surface area contributed by atoms with Gasteiger partial charge in [0, 0.05) is 54.1 Å². The number of carbonyl (C=O) groups is 4. The molecule has 0 saturated carbocycles. The number of aromatic nitrogens is 3. The second-order valence-electron chi connectivity index (χ2n) is 25.9. The highest BCUT2D eigenvalue weighted by Crippen LogP contribution is 2.43. The summed E-state index contributed by atoms with van der Waals surface area (Å²) in [6.07, 6.45) is 8.38. The predicted octanol–water partition coefficient (Wildman–Crippen LogP) is 12.8. The van der Waals surface area contributed by atoms with Gasteiger partial charge in [0.15, 0.2) is 11.7 Å².